The predicted octanol–water partition coefficient (Wildman–Crippen LogP) is 4.09. The van der Waals surface area contributed by atoms with Gasteiger partial charge in [0.2, 0.25) is 15.9 Å². The van der Waals surface area contributed by atoms with Crippen LogP contribution in [0.4, 0.5) is 17.6 Å². The normalized spacial score (nSPS) is 22.7. The molecule has 2 aliphatic carbocycles. The van der Waals surface area contributed by atoms with E-state index in [1.165, 1.54) is 42.5 Å². The van der Waals surface area contributed by atoms with E-state index in [4.69, 9.17) is 0 Å². The predicted molar refractivity (Wildman–Crippen MR) is 133 cm³/mol. The van der Waals surface area contributed by atoms with E-state index < -0.39 is 28.1 Å². The van der Waals surface area contributed by atoms with Gasteiger partial charge in [0.05, 0.1) is 17.3 Å². The minimum atomic E-state index is -4.80. The molecule has 0 saturated heterocycles. The molecule has 13 heteroatoms. The van der Waals surface area contributed by atoms with Gasteiger partial charge in [-0.1, -0.05) is 12.1 Å². The molecule has 2 N–H and O–H groups in total. The van der Waals surface area contributed by atoms with Crippen LogP contribution in [-0.4, -0.2) is 43.5 Å². The number of ether oxygens (including phenoxy) is 1. The van der Waals surface area contributed by atoms with Crippen molar-refractivity contribution in [2.45, 2.75) is 44.6 Å². The van der Waals surface area contributed by atoms with E-state index in [1.54, 1.807) is 10.8 Å². The molecule has 2 aliphatic rings. The summed E-state index contributed by atoms with van der Waals surface area (Å²) in [6.45, 7) is 0.184. The van der Waals surface area contributed by atoms with Crippen LogP contribution < -0.4 is 14.8 Å². The Balaban J connectivity index is 1.25. The van der Waals surface area contributed by atoms with E-state index in [1.807, 2.05) is 4.72 Å². The summed E-state index contributed by atoms with van der Waals surface area (Å²) >= 11 is 0. The van der Waals surface area contributed by atoms with Crippen LogP contribution in [0.5, 0.6) is 5.75 Å². The van der Waals surface area contributed by atoms with Crippen molar-refractivity contribution in [3.8, 4) is 5.75 Å². The number of benzene rings is 2. The first-order valence-corrected chi connectivity index (χ1v) is 14.0. The van der Waals surface area contributed by atoms with Gasteiger partial charge < -0.3 is 14.6 Å². The molecule has 2 saturated carbocycles. The number of fused-ring (bicyclic) bond motifs is 1. The molecule has 0 bridgehead atoms. The van der Waals surface area contributed by atoms with E-state index >= 15 is 0 Å². The van der Waals surface area contributed by atoms with Gasteiger partial charge in [-0.15, -0.1) is 13.2 Å². The number of hydrogen-bond acceptors (Lipinski definition) is 5. The van der Waals surface area contributed by atoms with Crippen LogP contribution in [0, 0.1) is 17.2 Å². The maximum Gasteiger partial charge on any atom is 0.573 e. The van der Waals surface area contributed by atoms with Gasteiger partial charge in [-0.25, -0.2) is 12.8 Å². The molecule has 3 aromatic rings. The van der Waals surface area contributed by atoms with Crippen molar-refractivity contribution < 1.29 is 40.3 Å². The fourth-order valence-corrected chi connectivity index (χ4v) is 6.25. The second kappa shape index (κ2) is 9.54. The van der Waals surface area contributed by atoms with Crippen molar-refractivity contribution in [2.75, 3.05) is 6.26 Å². The van der Waals surface area contributed by atoms with E-state index in [0.29, 0.717) is 36.8 Å². The summed E-state index contributed by atoms with van der Waals surface area (Å²) in [6.07, 6.45) is 0.150. The molecule has 2 aromatic carbocycles. The van der Waals surface area contributed by atoms with Crippen LogP contribution in [0.15, 0.2) is 48.7 Å². The third-order valence-electron chi connectivity index (χ3n) is 7.34. The molecule has 0 radical (unpaired) electrons. The SMILES string of the molecule is CS(=O)(=O)NC(=O)C1CC2(CC(NC(=O)c3ccc(F)c4ccn(Cc5ccc(OC(F)(F)F)cc5)c34)C2)C1. The molecule has 208 valence electrons. The number of aromatic nitrogens is 1. The standard InChI is InChI=1S/C26H25F4N3O5S/c1-39(36,37)32-23(34)16-10-25(11-16)12-17(13-25)31-24(35)20-6-7-21(27)19-8-9-33(22(19)20)14-15-2-4-18(5-3-15)38-26(28,29)30/h2-9,16-17H,10-14H2,1H3,(H,31,35)(H,32,34). The van der Waals surface area contributed by atoms with Crippen molar-refractivity contribution >= 4 is 32.7 Å². The molecule has 1 heterocycles. The number of carbonyl (C=O) groups excluding carboxylic acids is 2. The summed E-state index contributed by atoms with van der Waals surface area (Å²) in [6, 6.07) is 9.30. The highest BCUT2D eigenvalue weighted by Crippen LogP contribution is 2.58. The topological polar surface area (TPSA) is 107 Å². The Morgan fingerprint density at radius 2 is 1.72 bits per heavy atom. The van der Waals surface area contributed by atoms with Gasteiger partial charge in [0, 0.05) is 30.1 Å². The second-order valence-electron chi connectivity index (χ2n) is 10.4. The van der Waals surface area contributed by atoms with Crippen molar-refractivity contribution in [1.29, 1.82) is 0 Å². The average Bonchev–Trinajstić information content (AvgIpc) is 3.18. The first kappa shape index (κ1) is 27.0. The Labute approximate surface area is 221 Å². The van der Waals surface area contributed by atoms with Gasteiger partial charge in [-0.2, -0.15) is 0 Å². The molecular formula is C26H25F4N3O5S. The number of alkyl halides is 3. The third kappa shape index (κ3) is 5.87. The minimum Gasteiger partial charge on any atom is -0.406 e. The zero-order valence-corrected chi connectivity index (χ0v) is 21.5. The van der Waals surface area contributed by atoms with Gasteiger partial charge in [0.1, 0.15) is 11.6 Å². The van der Waals surface area contributed by atoms with E-state index in [9.17, 15) is 35.6 Å². The monoisotopic (exact) mass is 567 g/mol. The van der Waals surface area contributed by atoms with Crippen molar-refractivity contribution in [3.05, 3.63) is 65.6 Å². The summed E-state index contributed by atoms with van der Waals surface area (Å²) < 4.78 is 82.0. The van der Waals surface area contributed by atoms with Crippen molar-refractivity contribution in [2.24, 2.45) is 11.3 Å². The zero-order valence-electron chi connectivity index (χ0n) is 20.7. The number of hydrogen-bond donors (Lipinski definition) is 2. The highest BCUT2D eigenvalue weighted by Gasteiger charge is 2.55. The van der Waals surface area contributed by atoms with Crippen LogP contribution in [-0.2, 0) is 21.4 Å². The first-order chi connectivity index (χ1) is 18.2. The average molecular weight is 568 g/mol. The number of amides is 2. The highest BCUT2D eigenvalue weighted by molar-refractivity contribution is 7.89. The lowest BCUT2D eigenvalue weighted by atomic mass is 9.50. The highest BCUT2D eigenvalue weighted by atomic mass is 32.2. The van der Waals surface area contributed by atoms with E-state index in [-0.39, 0.29) is 46.5 Å². The van der Waals surface area contributed by atoms with E-state index in [2.05, 4.69) is 10.1 Å². The zero-order chi connectivity index (χ0) is 28.2. The molecule has 2 amide bonds. The van der Waals surface area contributed by atoms with Crippen LogP contribution >= 0.6 is 0 Å². The van der Waals surface area contributed by atoms with Crippen LogP contribution in [0.3, 0.4) is 0 Å². The second-order valence-corrected chi connectivity index (χ2v) is 12.2. The van der Waals surface area contributed by atoms with Crippen LogP contribution in [0.1, 0.15) is 41.6 Å². The Morgan fingerprint density at radius 1 is 1.05 bits per heavy atom. The fourth-order valence-electron chi connectivity index (χ4n) is 5.72. The molecule has 2 fully saturated rings. The smallest absolute Gasteiger partial charge is 0.406 e. The molecule has 0 atom stereocenters. The number of rotatable bonds is 7. The first-order valence-electron chi connectivity index (χ1n) is 12.1. The lowest BCUT2D eigenvalue weighted by molar-refractivity contribution is -0.274. The maximum atomic E-state index is 14.6. The Bertz CT molecular complexity index is 1540. The number of nitrogens with zero attached hydrogens (tertiary/aromatic N) is 1. The molecule has 5 rings (SSSR count). The lowest BCUT2D eigenvalue weighted by Gasteiger charge is -2.57. The summed E-state index contributed by atoms with van der Waals surface area (Å²) in [5.41, 5.74) is 1.14. The lowest BCUT2D eigenvalue weighted by Crippen LogP contribution is -2.58. The van der Waals surface area contributed by atoms with Crippen molar-refractivity contribution in [1.82, 2.24) is 14.6 Å². The summed E-state index contributed by atoms with van der Waals surface area (Å²) in [7, 11) is -3.61. The largest absolute Gasteiger partial charge is 0.573 e. The Morgan fingerprint density at radius 3 is 2.33 bits per heavy atom. The summed E-state index contributed by atoms with van der Waals surface area (Å²) in [5, 5.41) is 3.21. The van der Waals surface area contributed by atoms with Gasteiger partial charge >= 0.3 is 6.36 Å². The molecule has 0 aliphatic heterocycles. The molecule has 8 nitrogen and oxygen atoms in total. The number of halogens is 4. The van der Waals surface area contributed by atoms with Crippen LogP contribution in [0.25, 0.3) is 10.9 Å². The summed E-state index contributed by atoms with van der Waals surface area (Å²) in [4.78, 5) is 25.2. The molecular weight excluding hydrogens is 542 g/mol. The molecule has 1 aromatic heterocycles. The van der Waals surface area contributed by atoms with Gasteiger partial charge in [-0.3, -0.25) is 14.3 Å². The number of nitrogens with one attached hydrogen (secondary N) is 2. The third-order valence-corrected chi connectivity index (χ3v) is 7.91. The van der Waals surface area contributed by atoms with Crippen molar-refractivity contribution in [3.63, 3.8) is 0 Å². The molecule has 39 heavy (non-hydrogen) atoms. The van der Waals surface area contributed by atoms with Crippen LogP contribution in [0.2, 0.25) is 0 Å². The minimum absolute atomic E-state index is 0.0994. The molecule has 0 unspecified atom stereocenters. The van der Waals surface area contributed by atoms with Gasteiger partial charge in [0.25, 0.3) is 5.91 Å². The summed E-state index contributed by atoms with van der Waals surface area (Å²) in [5.74, 6) is -2.14. The Kier molecular flexibility index (Phi) is 6.60. The molecule has 1 spiro atoms. The quantitative estimate of drug-likeness (QED) is 0.419. The van der Waals surface area contributed by atoms with Gasteiger partial charge in [0.15, 0.2) is 0 Å². The van der Waals surface area contributed by atoms with Gasteiger partial charge in [-0.05, 0) is 67.0 Å². The Hall–Kier alpha value is -3.61. The number of sulfonamides is 1. The fraction of sp³-hybridized carbons (Fsp3) is 0.385. The maximum absolute atomic E-state index is 14.6. The number of carbonyl (C=O) groups is 2. The van der Waals surface area contributed by atoms with E-state index in [0.717, 1.165) is 6.26 Å².